The van der Waals surface area contributed by atoms with E-state index in [2.05, 4.69) is 0 Å². The molecular formula is C18H23ClN2O5. The van der Waals surface area contributed by atoms with E-state index in [1.54, 1.807) is 50.9 Å². The van der Waals surface area contributed by atoms with Gasteiger partial charge < -0.3 is 19.5 Å². The van der Waals surface area contributed by atoms with Crippen molar-refractivity contribution in [3.8, 4) is 0 Å². The number of ether oxygens (including phenoxy) is 2. The summed E-state index contributed by atoms with van der Waals surface area (Å²) in [6.07, 6.45) is -1.51. The molecule has 1 fully saturated rings. The SMILES string of the molecule is COC(=O)[C@@H]1C[C@]2(O)c3cccc(Cl)c3N(C)[C@@H]2N1C(=O)OC(C)(C)C. The van der Waals surface area contributed by atoms with Gasteiger partial charge >= 0.3 is 12.1 Å². The molecule has 0 aliphatic carbocycles. The number of aliphatic hydroxyl groups is 1. The zero-order valence-electron chi connectivity index (χ0n) is 15.4. The number of hydrogen-bond acceptors (Lipinski definition) is 6. The molecule has 2 aliphatic rings. The lowest BCUT2D eigenvalue weighted by molar-refractivity contribution is -0.146. The summed E-state index contributed by atoms with van der Waals surface area (Å²) in [6.45, 7) is 5.22. The van der Waals surface area contributed by atoms with Crippen molar-refractivity contribution in [2.75, 3.05) is 19.1 Å². The first-order valence-corrected chi connectivity index (χ1v) is 8.72. The van der Waals surface area contributed by atoms with Crippen molar-refractivity contribution in [1.29, 1.82) is 0 Å². The normalized spacial score (nSPS) is 27.2. The molecule has 1 amide bonds. The number of para-hydroxylation sites is 1. The van der Waals surface area contributed by atoms with E-state index in [0.29, 0.717) is 16.3 Å². The molecule has 0 aromatic heterocycles. The lowest BCUT2D eigenvalue weighted by Gasteiger charge is -2.36. The van der Waals surface area contributed by atoms with Gasteiger partial charge in [-0.2, -0.15) is 0 Å². The van der Waals surface area contributed by atoms with Crippen LogP contribution in [0.15, 0.2) is 18.2 Å². The molecule has 1 saturated heterocycles. The van der Waals surface area contributed by atoms with Crippen LogP contribution in [0.1, 0.15) is 32.8 Å². The van der Waals surface area contributed by atoms with Crippen molar-refractivity contribution in [1.82, 2.24) is 4.90 Å². The maximum absolute atomic E-state index is 12.9. The number of carbonyl (C=O) groups is 2. The Hall–Kier alpha value is -1.99. The van der Waals surface area contributed by atoms with Crippen LogP contribution in [0.3, 0.4) is 0 Å². The van der Waals surface area contributed by atoms with Crippen molar-refractivity contribution in [2.45, 2.75) is 50.6 Å². The highest BCUT2D eigenvalue weighted by atomic mass is 35.5. The molecule has 26 heavy (non-hydrogen) atoms. The third-order valence-electron chi connectivity index (χ3n) is 4.78. The van der Waals surface area contributed by atoms with Gasteiger partial charge in [0, 0.05) is 19.0 Å². The number of halogens is 1. The van der Waals surface area contributed by atoms with Gasteiger partial charge in [-0.1, -0.05) is 23.7 Å². The summed E-state index contributed by atoms with van der Waals surface area (Å²) < 4.78 is 10.3. The number of nitrogens with zero attached hydrogens (tertiary/aromatic N) is 2. The average molecular weight is 383 g/mol. The zero-order chi connectivity index (χ0) is 19.4. The Balaban J connectivity index is 2.10. The molecule has 142 valence electrons. The second-order valence-corrected chi connectivity index (χ2v) is 8.08. The Bertz CT molecular complexity index is 762. The van der Waals surface area contributed by atoms with Crippen molar-refractivity contribution in [3.63, 3.8) is 0 Å². The van der Waals surface area contributed by atoms with Gasteiger partial charge in [0.2, 0.25) is 0 Å². The van der Waals surface area contributed by atoms with Crippen LogP contribution in [0.4, 0.5) is 10.5 Å². The Kier molecular flexibility index (Phi) is 4.36. The molecule has 7 nitrogen and oxygen atoms in total. The third kappa shape index (κ3) is 2.70. The second-order valence-electron chi connectivity index (χ2n) is 7.68. The standard InChI is InChI=1S/C18H23ClN2O5/c1-17(2,3)26-16(23)21-12(14(22)25-5)9-18(24)10-7-6-8-11(19)13(10)20(4)15(18)21/h6-8,12,15,24H,9H2,1-5H3/t12-,15+,18-/m0/s1. The van der Waals surface area contributed by atoms with Gasteiger partial charge in [-0.15, -0.1) is 0 Å². The van der Waals surface area contributed by atoms with Crippen LogP contribution in [0.25, 0.3) is 0 Å². The van der Waals surface area contributed by atoms with E-state index in [4.69, 9.17) is 21.1 Å². The minimum absolute atomic E-state index is 0.00126. The van der Waals surface area contributed by atoms with E-state index in [1.165, 1.54) is 12.0 Å². The first-order chi connectivity index (χ1) is 12.0. The number of amides is 1. The fourth-order valence-corrected chi connectivity index (χ4v) is 4.18. The predicted octanol–water partition coefficient (Wildman–Crippen LogP) is 2.49. The monoisotopic (exact) mass is 382 g/mol. The first kappa shape index (κ1) is 18.8. The van der Waals surface area contributed by atoms with Crippen molar-refractivity contribution in [2.24, 2.45) is 0 Å². The van der Waals surface area contributed by atoms with Crippen LogP contribution in [0, 0.1) is 0 Å². The Morgan fingerprint density at radius 3 is 2.58 bits per heavy atom. The minimum atomic E-state index is -1.45. The Morgan fingerprint density at radius 1 is 1.35 bits per heavy atom. The smallest absolute Gasteiger partial charge is 0.412 e. The summed E-state index contributed by atoms with van der Waals surface area (Å²) in [5.74, 6) is -0.601. The molecule has 1 N–H and O–H groups in total. The second kappa shape index (κ2) is 6.03. The molecule has 0 radical (unpaired) electrons. The molecule has 0 unspecified atom stereocenters. The van der Waals surface area contributed by atoms with Crippen LogP contribution in [0.2, 0.25) is 5.02 Å². The van der Waals surface area contributed by atoms with Crippen LogP contribution >= 0.6 is 11.6 Å². The number of likely N-dealkylation sites (tertiary alicyclic amines) is 1. The van der Waals surface area contributed by atoms with E-state index in [-0.39, 0.29) is 6.42 Å². The van der Waals surface area contributed by atoms with E-state index in [0.717, 1.165) is 0 Å². The molecule has 0 bridgehead atoms. The zero-order valence-corrected chi connectivity index (χ0v) is 16.2. The van der Waals surface area contributed by atoms with E-state index >= 15 is 0 Å². The largest absolute Gasteiger partial charge is 0.467 e. The fraction of sp³-hybridized carbons (Fsp3) is 0.556. The van der Waals surface area contributed by atoms with Gasteiger partial charge in [-0.25, -0.2) is 9.59 Å². The number of methoxy groups -OCH3 is 1. The molecule has 3 rings (SSSR count). The molecule has 2 aliphatic heterocycles. The molecule has 1 aromatic rings. The number of likely N-dealkylation sites (N-methyl/N-ethyl adjacent to an activating group) is 1. The number of rotatable bonds is 1. The summed E-state index contributed by atoms with van der Waals surface area (Å²) in [7, 11) is 2.98. The summed E-state index contributed by atoms with van der Waals surface area (Å²) >= 11 is 6.32. The highest BCUT2D eigenvalue weighted by Crippen LogP contribution is 2.54. The van der Waals surface area contributed by atoms with Gasteiger partial charge in [0.15, 0.2) is 0 Å². The summed E-state index contributed by atoms with van der Waals surface area (Å²) in [5.41, 5.74) is -0.985. The van der Waals surface area contributed by atoms with Crippen LogP contribution in [-0.4, -0.2) is 54.0 Å². The third-order valence-corrected chi connectivity index (χ3v) is 5.09. The number of esters is 1. The molecule has 3 atom stereocenters. The number of anilines is 1. The van der Waals surface area contributed by atoms with E-state index < -0.39 is 35.5 Å². The number of carbonyl (C=O) groups excluding carboxylic acids is 2. The Labute approximate surface area is 157 Å². The highest BCUT2D eigenvalue weighted by molar-refractivity contribution is 6.33. The summed E-state index contributed by atoms with van der Waals surface area (Å²) in [5, 5.41) is 11.9. The van der Waals surface area contributed by atoms with E-state index in [1.807, 2.05) is 0 Å². The first-order valence-electron chi connectivity index (χ1n) is 8.34. The van der Waals surface area contributed by atoms with Crippen LogP contribution < -0.4 is 4.90 Å². The number of fused-ring (bicyclic) bond motifs is 3. The van der Waals surface area contributed by atoms with Gasteiger partial charge in [0.25, 0.3) is 0 Å². The summed E-state index contributed by atoms with van der Waals surface area (Å²) in [4.78, 5) is 28.2. The van der Waals surface area contributed by atoms with Crippen LogP contribution in [0.5, 0.6) is 0 Å². The molecule has 0 spiro atoms. The molecule has 0 saturated carbocycles. The average Bonchev–Trinajstić information content (AvgIpc) is 2.96. The molecule has 8 heteroatoms. The van der Waals surface area contributed by atoms with Crippen molar-refractivity contribution < 1.29 is 24.2 Å². The maximum atomic E-state index is 12.9. The Morgan fingerprint density at radius 2 is 2.00 bits per heavy atom. The molecular weight excluding hydrogens is 360 g/mol. The van der Waals surface area contributed by atoms with Crippen molar-refractivity contribution in [3.05, 3.63) is 28.8 Å². The highest BCUT2D eigenvalue weighted by Gasteiger charge is 2.63. The topological polar surface area (TPSA) is 79.3 Å². The quantitative estimate of drug-likeness (QED) is 0.752. The summed E-state index contributed by atoms with van der Waals surface area (Å²) in [6, 6.07) is 4.25. The van der Waals surface area contributed by atoms with Crippen molar-refractivity contribution >= 4 is 29.4 Å². The van der Waals surface area contributed by atoms with Crippen LogP contribution in [-0.2, 0) is 19.9 Å². The number of hydrogen-bond donors (Lipinski definition) is 1. The van der Waals surface area contributed by atoms with E-state index in [9.17, 15) is 14.7 Å². The molecule has 2 heterocycles. The van der Waals surface area contributed by atoms with Gasteiger partial charge in [-0.3, -0.25) is 4.90 Å². The van der Waals surface area contributed by atoms with Gasteiger partial charge in [0.1, 0.15) is 23.4 Å². The van der Waals surface area contributed by atoms with Gasteiger partial charge in [0.05, 0.1) is 17.8 Å². The lowest BCUT2D eigenvalue weighted by atomic mass is 9.91. The van der Waals surface area contributed by atoms with Gasteiger partial charge in [-0.05, 0) is 26.8 Å². The fourth-order valence-electron chi connectivity index (χ4n) is 3.88. The maximum Gasteiger partial charge on any atom is 0.412 e. The number of benzene rings is 1. The predicted molar refractivity (Wildman–Crippen MR) is 96.0 cm³/mol. The lowest BCUT2D eigenvalue weighted by Crippen LogP contribution is -2.54. The molecule has 1 aromatic carbocycles. The minimum Gasteiger partial charge on any atom is -0.467 e.